The van der Waals surface area contributed by atoms with E-state index < -0.39 is 5.41 Å². The Labute approximate surface area is 133 Å². The molecule has 2 N–H and O–H groups in total. The maximum Gasteiger partial charge on any atom is 0.239 e. The summed E-state index contributed by atoms with van der Waals surface area (Å²) in [7, 11) is 1.62. The molecule has 1 aliphatic heterocycles. The number of ether oxygens (including phenoxy) is 1. The summed E-state index contributed by atoms with van der Waals surface area (Å²) in [5.41, 5.74) is -0.484. The molecule has 124 valence electrons. The maximum absolute atomic E-state index is 12.8. The minimum atomic E-state index is -0.484. The minimum absolute atomic E-state index is 0. The topological polar surface area (TPSA) is 70.7 Å². The van der Waals surface area contributed by atoms with Crippen molar-refractivity contribution < 1.29 is 14.3 Å². The molecule has 0 radical (unpaired) electrons. The highest BCUT2D eigenvalue weighted by atomic mass is 35.5. The van der Waals surface area contributed by atoms with Gasteiger partial charge in [0.15, 0.2) is 0 Å². The molecule has 0 aromatic rings. The SMILES string of the molecule is CCNC(=O)CN(CC)C(=O)C1(COC)CCNCC1.Cl. The molecule has 0 atom stereocenters. The van der Waals surface area contributed by atoms with Crippen LogP contribution in [0.25, 0.3) is 0 Å². The van der Waals surface area contributed by atoms with Gasteiger partial charge in [-0.25, -0.2) is 0 Å². The number of amides is 2. The van der Waals surface area contributed by atoms with E-state index in [1.807, 2.05) is 13.8 Å². The molecular weight excluding hydrogens is 294 g/mol. The lowest BCUT2D eigenvalue weighted by atomic mass is 9.78. The predicted octanol–water partition coefficient (Wildman–Crippen LogP) is 0.409. The van der Waals surface area contributed by atoms with Crippen molar-refractivity contribution in [3.63, 3.8) is 0 Å². The molecule has 6 nitrogen and oxygen atoms in total. The van der Waals surface area contributed by atoms with Crippen molar-refractivity contribution in [2.24, 2.45) is 5.41 Å². The molecule has 2 amide bonds. The Kier molecular flexibility index (Phi) is 9.57. The van der Waals surface area contributed by atoms with Gasteiger partial charge < -0.3 is 20.3 Å². The fourth-order valence-corrected chi connectivity index (χ4v) is 2.69. The van der Waals surface area contributed by atoms with Crippen LogP contribution in [0.1, 0.15) is 26.7 Å². The molecule has 1 rings (SSSR count). The average Bonchev–Trinajstić information content (AvgIpc) is 2.45. The molecule has 0 aromatic heterocycles. The Hall–Kier alpha value is -0.850. The van der Waals surface area contributed by atoms with E-state index in [4.69, 9.17) is 4.74 Å². The highest BCUT2D eigenvalue weighted by Gasteiger charge is 2.42. The van der Waals surface area contributed by atoms with E-state index in [0.717, 1.165) is 25.9 Å². The lowest BCUT2D eigenvalue weighted by Crippen LogP contribution is -2.53. The van der Waals surface area contributed by atoms with Gasteiger partial charge in [-0.15, -0.1) is 12.4 Å². The molecular formula is C14H28ClN3O3. The number of carbonyl (C=O) groups is 2. The van der Waals surface area contributed by atoms with E-state index in [9.17, 15) is 9.59 Å². The molecule has 1 saturated heterocycles. The first-order valence-electron chi connectivity index (χ1n) is 7.35. The first-order valence-corrected chi connectivity index (χ1v) is 7.35. The van der Waals surface area contributed by atoms with Gasteiger partial charge in [0.05, 0.1) is 18.6 Å². The molecule has 0 bridgehead atoms. The van der Waals surface area contributed by atoms with Gasteiger partial charge in [0.25, 0.3) is 0 Å². The van der Waals surface area contributed by atoms with E-state index >= 15 is 0 Å². The fraction of sp³-hybridized carbons (Fsp3) is 0.857. The average molecular weight is 322 g/mol. The summed E-state index contributed by atoms with van der Waals surface area (Å²) in [6, 6.07) is 0. The quantitative estimate of drug-likeness (QED) is 0.712. The van der Waals surface area contributed by atoms with Gasteiger partial charge in [-0.3, -0.25) is 9.59 Å². The maximum atomic E-state index is 12.8. The molecule has 1 heterocycles. The third-order valence-electron chi connectivity index (χ3n) is 3.81. The predicted molar refractivity (Wildman–Crippen MR) is 84.6 cm³/mol. The molecule has 0 aromatic carbocycles. The van der Waals surface area contributed by atoms with Crippen LogP contribution in [0, 0.1) is 5.41 Å². The van der Waals surface area contributed by atoms with Gasteiger partial charge in [-0.05, 0) is 39.8 Å². The van der Waals surface area contributed by atoms with E-state index in [-0.39, 0.29) is 30.8 Å². The lowest BCUT2D eigenvalue weighted by molar-refractivity contribution is -0.149. The molecule has 1 fully saturated rings. The zero-order valence-corrected chi connectivity index (χ0v) is 14.1. The van der Waals surface area contributed by atoms with Gasteiger partial charge in [0, 0.05) is 20.2 Å². The van der Waals surface area contributed by atoms with Crippen molar-refractivity contribution in [1.82, 2.24) is 15.5 Å². The number of hydrogen-bond donors (Lipinski definition) is 2. The van der Waals surface area contributed by atoms with E-state index in [0.29, 0.717) is 19.7 Å². The lowest BCUT2D eigenvalue weighted by Gasteiger charge is -2.39. The summed E-state index contributed by atoms with van der Waals surface area (Å²) in [6.45, 7) is 7.06. The van der Waals surface area contributed by atoms with Crippen LogP contribution >= 0.6 is 12.4 Å². The highest BCUT2D eigenvalue weighted by molar-refractivity contribution is 5.88. The summed E-state index contributed by atoms with van der Waals surface area (Å²) in [6.07, 6.45) is 1.51. The van der Waals surface area contributed by atoms with Crippen LogP contribution in [0.2, 0.25) is 0 Å². The number of rotatable bonds is 7. The Balaban J connectivity index is 0.00000400. The van der Waals surface area contributed by atoms with Crippen molar-refractivity contribution in [3.05, 3.63) is 0 Å². The van der Waals surface area contributed by atoms with E-state index in [1.54, 1.807) is 12.0 Å². The molecule has 21 heavy (non-hydrogen) atoms. The van der Waals surface area contributed by atoms with Crippen LogP contribution in [-0.4, -0.2) is 63.2 Å². The second-order valence-corrected chi connectivity index (χ2v) is 5.24. The minimum Gasteiger partial charge on any atom is -0.384 e. The molecule has 0 unspecified atom stereocenters. The monoisotopic (exact) mass is 321 g/mol. The number of nitrogens with zero attached hydrogens (tertiary/aromatic N) is 1. The first kappa shape index (κ1) is 20.1. The van der Waals surface area contributed by atoms with Crippen LogP contribution in [0.5, 0.6) is 0 Å². The van der Waals surface area contributed by atoms with Gasteiger partial charge >= 0.3 is 0 Å². The Morgan fingerprint density at radius 3 is 2.38 bits per heavy atom. The Morgan fingerprint density at radius 1 is 1.29 bits per heavy atom. The van der Waals surface area contributed by atoms with Crippen LogP contribution in [0.15, 0.2) is 0 Å². The summed E-state index contributed by atoms with van der Waals surface area (Å²) in [4.78, 5) is 26.2. The van der Waals surface area contributed by atoms with Crippen LogP contribution in [0.3, 0.4) is 0 Å². The van der Waals surface area contributed by atoms with Crippen molar-refractivity contribution in [2.75, 3.05) is 46.4 Å². The Bertz CT molecular complexity index is 328. The first-order chi connectivity index (χ1) is 9.59. The molecule has 1 aliphatic rings. The number of likely N-dealkylation sites (N-methyl/N-ethyl adjacent to an activating group) is 2. The van der Waals surface area contributed by atoms with Gasteiger partial charge in [-0.1, -0.05) is 0 Å². The summed E-state index contributed by atoms with van der Waals surface area (Å²) < 4.78 is 5.28. The van der Waals surface area contributed by atoms with Crippen molar-refractivity contribution in [1.29, 1.82) is 0 Å². The standard InChI is InChI=1S/C14H27N3O3.ClH/c1-4-16-12(18)10-17(5-2)13(19)14(11-20-3)6-8-15-9-7-14;/h15H,4-11H2,1-3H3,(H,16,18);1H. The van der Waals surface area contributed by atoms with Crippen LogP contribution < -0.4 is 10.6 Å². The van der Waals surface area contributed by atoms with Crippen LogP contribution in [-0.2, 0) is 14.3 Å². The number of nitrogens with one attached hydrogen (secondary N) is 2. The Morgan fingerprint density at radius 2 is 1.90 bits per heavy atom. The zero-order chi connectivity index (χ0) is 15.0. The number of hydrogen-bond acceptors (Lipinski definition) is 4. The van der Waals surface area contributed by atoms with Crippen molar-refractivity contribution in [3.8, 4) is 0 Å². The van der Waals surface area contributed by atoms with Crippen molar-refractivity contribution >= 4 is 24.2 Å². The molecule has 0 saturated carbocycles. The second-order valence-electron chi connectivity index (χ2n) is 5.24. The molecule has 7 heteroatoms. The van der Waals surface area contributed by atoms with Gasteiger partial charge in [-0.2, -0.15) is 0 Å². The molecule has 0 spiro atoms. The van der Waals surface area contributed by atoms with Crippen LogP contribution in [0.4, 0.5) is 0 Å². The molecule has 0 aliphatic carbocycles. The number of carbonyl (C=O) groups excluding carboxylic acids is 2. The third kappa shape index (κ3) is 5.45. The summed E-state index contributed by atoms with van der Waals surface area (Å²) >= 11 is 0. The normalized spacial score (nSPS) is 16.7. The van der Waals surface area contributed by atoms with Gasteiger partial charge in [0.1, 0.15) is 0 Å². The third-order valence-corrected chi connectivity index (χ3v) is 3.81. The number of piperidine rings is 1. The van der Waals surface area contributed by atoms with E-state index in [2.05, 4.69) is 10.6 Å². The van der Waals surface area contributed by atoms with E-state index in [1.165, 1.54) is 0 Å². The highest BCUT2D eigenvalue weighted by Crippen LogP contribution is 2.31. The summed E-state index contributed by atoms with van der Waals surface area (Å²) in [5.74, 6) is -0.0706. The van der Waals surface area contributed by atoms with Gasteiger partial charge in [0.2, 0.25) is 11.8 Å². The zero-order valence-electron chi connectivity index (χ0n) is 13.2. The smallest absolute Gasteiger partial charge is 0.239 e. The second kappa shape index (κ2) is 9.97. The largest absolute Gasteiger partial charge is 0.384 e. The number of halogens is 1. The summed E-state index contributed by atoms with van der Waals surface area (Å²) in [5, 5.41) is 6.00. The van der Waals surface area contributed by atoms with Crippen molar-refractivity contribution in [2.45, 2.75) is 26.7 Å². The fourth-order valence-electron chi connectivity index (χ4n) is 2.69. The number of methoxy groups -OCH3 is 1.